The quantitative estimate of drug-likeness (QED) is 0.849. The lowest BCUT2D eigenvalue weighted by molar-refractivity contribution is 0.1000. The molecule has 1 unspecified atom stereocenters. The number of aromatic nitrogens is 4. The summed E-state index contributed by atoms with van der Waals surface area (Å²) in [5.74, 6) is 1.74. The van der Waals surface area contributed by atoms with Crippen molar-refractivity contribution in [2.45, 2.75) is 39.2 Å². The molecule has 0 radical (unpaired) electrons. The number of anilines is 1. The van der Waals surface area contributed by atoms with E-state index in [0.717, 1.165) is 36.5 Å². The Labute approximate surface area is 146 Å². The monoisotopic (exact) mass is 344 g/mol. The number of piperidine rings is 1. The molecule has 1 saturated heterocycles. The predicted molar refractivity (Wildman–Crippen MR) is 93.3 cm³/mol. The summed E-state index contributed by atoms with van der Waals surface area (Å²) in [4.78, 5) is 18.6. The number of carbonyl (C=O) groups excluding carboxylic acids is 1. The van der Waals surface area contributed by atoms with Crippen LogP contribution in [0.5, 0.6) is 0 Å². The Hall–Kier alpha value is -2.48. The number of nitrogens with two attached hydrogens (primary N) is 1. The number of amides is 1. The molecular formula is C17H24N6O2. The second-order valence-electron chi connectivity index (χ2n) is 6.60. The molecule has 8 nitrogen and oxygen atoms in total. The molecule has 3 N–H and O–H groups in total. The molecule has 2 aromatic heterocycles. The molecule has 0 aliphatic carbocycles. The molecule has 25 heavy (non-hydrogen) atoms. The minimum Gasteiger partial charge on any atom is -0.388 e. The van der Waals surface area contributed by atoms with E-state index in [1.807, 2.05) is 31.5 Å². The fraction of sp³-hybridized carbons (Fsp3) is 0.529. The maximum atomic E-state index is 11.9. The molecule has 0 bridgehead atoms. The number of primary amides is 1. The van der Waals surface area contributed by atoms with Crippen molar-refractivity contribution >= 4 is 11.7 Å². The Morgan fingerprint density at radius 1 is 1.40 bits per heavy atom. The number of hydrogen-bond acceptors (Lipinski definition) is 6. The standard InChI is InChI=1S/C17H24N6O2/c1-10-7-13(15(18)25)17(19-11(10)2)23-6-4-5-12(8-23)16-21-20-14(9-24)22(16)3/h7,12,24H,4-6,8-9H2,1-3H3,(H2,18,25). The van der Waals surface area contributed by atoms with Gasteiger partial charge in [-0.3, -0.25) is 4.79 Å². The van der Waals surface area contributed by atoms with E-state index in [1.165, 1.54) is 0 Å². The van der Waals surface area contributed by atoms with Crippen molar-refractivity contribution in [1.29, 1.82) is 0 Å². The van der Waals surface area contributed by atoms with Gasteiger partial charge in [-0.05, 0) is 38.3 Å². The highest BCUT2D eigenvalue weighted by Crippen LogP contribution is 2.30. The zero-order valence-corrected chi connectivity index (χ0v) is 14.9. The molecule has 3 rings (SSSR count). The van der Waals surface area contributed by atoms with Crippen molar-refractivity contribution in [2.24, 2.45) is 12.8 Å². The average molecular weight is 344 g/mol. The van der Waals surface area contributed by atoms with Gasteiger partial charge in [0.15, 0.2) is 5.82 Å². The smallest absolute Gasteiger partial charge is 0.252 e. The van der Waals surface area contributed by atoms with Crippen molar-refractivity contribution < 1.29 is 9.90 Å². The molecule has 0 saturated carbocycles. The van der Waals surface area contributed by atoms with E-state index in [2.05, 4.69) is 20.1 Å². The van der Waals surface area contributed by atoms with Gasteiger partial charge in [-0.15, -0.1) is 10.2 Å². The van der Waals surface area contributed by atoms with E-state index in [0.29, 0.717) is 23.8 Å². The van der Waals surface area contributed by atoms with Gasteiger partial charge in [0.2, 0.25) is 0 Å². The third-order valence-electron chi connectivity index (χ3n) is 4.94. The average Bonchev–Trinajstić information content (AvgIpc) is 2.97. The summed E-state index contributed by atoms with van der Waals surface area (Å²) in [6.07, 6.45) is 1.93. The molecule has 3 heterocycles. The number of aliphatic hydroxyl groups excluding tert-OH is 1. The topological polar surface area (TPSA) is 110 Å². The summed E-state index contributed by atoms with van der Waals surface area (Å²) in [7, 11) is 1.86. The fourth-order valence-corrected chi connectivity index (χ4v) is 3.36. The van der Waals surface area contributed by atoms with Crippen LogP contribution in [0.3, 0.4) is 0 Å². The SMILES string of the molecule is Cc1cc(C(N)=O)c(N2CCCC(c3nnc(CO)n3C)C2)nc1C. The first-order valence-electron chi connectivity index (χ1n) is 8.44. The van der Waals surface area contributed by atoms with Gasteiger partial charge in [0.05, 0.1) is 5.56 Å². The number of carbonyl (C=O) groups is 1. The number of aryl methyl sites for hydroxylation is 2. The minimum absolute atomic E-state index is 0.134. The van der Waals surface area contributed by atoms with Crippen molar-refractivity contribution in [3.8, 4) is 0 Å². The molecule has 0 spiro atoms. The van der Waals surface area contributed by atoms with Crippen LogP contribution in [0.15, 0.2) is 6.07 Å². The van der Waals surface area contributed by atoms with Gasteiger partial charge in [-0.1, -0.05) is 0 Å². The number of pyridine rings is 1. The number of nitrogens with zero attached hydrogens (tertiary/aromatic N) is 5. The van der Waals surface area contributed by atoms with Crippen LogP contribution in [0.4, 0.5) is 5.82 Å². The maximum absolute atomic E-state index is 11.9. The molecule has 2 aromatic rings. The number of rotatable bonds is 4. The van der Waals surface area contributed by atoms with Crippen molar-refractivity contribution in [2.75, 3.05) is 18.0 Å². The molecule has 8 heteroatoms. The highest BCUT2D eigenvalue weighted by Gasteiger charge is 2.28. The van der Waals surface area contributed by atoms with E-state index in [4.69, 9.17) is 5.73 Å². The fourth-order valence-electron chi connectivity index (χ4n) is 3.36. The Bertz CT molecular complexity index is 801. The lowest BCUT2D eigenvalue weighted by atomic mass is 9.96. The van der Waals surface area contributed by atoms with Gasteiger partial charge >= 0.3 is 0 Å². The molecule has 1 aliphatic heterocycles. The third kappa shape index (κ3) is 3.21. The van der Waals surface area contributed by atoms with Crippen molar-refractivity contribution in [3.05, 3.63) is 34.5 Å². The van der Waals surface area contributed by atoms with Crippen LogP contribution >= 0.6 is 0 Å². The van der Waals surface area contributed by atoms with E-state index in [-0.39, 0.29) is 12.5 Å². The Kier molecular flexibility index (Phi) is 4.71. The highest BCUT2D eigenvalue weighted by molar-refractivity contribution is 5.98. The normalized spacial score (nSPS) is 17.8. The number of aliphatic hydroxyl groups is 1. The van der Waals surface area contributed by atoms with E-state index in [1.54, 1.807) is 0 Å². The van der Waals surface area contributed by atoms with Gasteiger partial charge < -0.3 is 20.3 Å². The Balaban J connectivity index is 1.92. The molecular weight excluding hydrogens is 320 g/mol. The summed E-state index contributed by atoms with van der Waals surface area (Å²) in [6, 6.07) is 1.82. The van der Waals surface area contributed by atoms with Gasteiger partial charge in [0, 0.05) is 31.7 Å². The summed E-state index contributed by atoms with van der Waals surface area (Å²) >= 11 is 0. The van der Waals surface area contributed by atoms with Crippen molar-refractivity contribution in [3.63, 3.8) is 0 Å². The van der Waals surface area contributed by atoms with E-state index in [9.17, 15) is 9.90 Å². The Morgan fingerprint density at radius 3 is 2.80 bits per heavy atom. The lowest BCUT2D eigenvalue weighted by Crippen LogP contribution is -2.37. The summed E-state index contributed by atoms with van der Waals surface area (Å²) < 4.78 is 1.84. The van der Waals surface area contributed by atoms with Crippen molar-refractivity contribution in [1.82, 2.24) is 19.7 Å². The second kappa shape index (κ2) is 6.79. The first-order valence-corrected chi connectivity index (χ1v) is 8.44. The molecule has 1 atom stereocenters. The van der Waals surface area contributed by atoms with E-state index < -0.39 is 5.91 Å². The largest absolute Gasteiger partial charge is 0.388 e. The van der Waals surface area contributed by atoms with Gasteiger partial charge in [-0.25, -0.2) is 4.98 Å². The number of hydrogen-bond donors (Lipinski definition) is 2. The summed E-state index contributed by atoms with van der Waals surface area (Å²) in [6.45, 7) is 5.23. The van der Waals surface area contributed by atoms with E-state index >= 15 is 0 Å². The van der Waals surface area contributed by atoms with Gasteiger partial charge in [-0.2, -0.15) is 0 Å². The zero-order valence-electron chi connectivity index (χ0n) is 14.9. The molecule has 1 amide bonds. The van der Waals surface area contributed by atoms with Crippen LogP contribution in [0.2, 0.25) is 0 Å². The molecule has 1 fully saturated rings. The lowest BCUT2D eigenvalue weighted by Gasteiger charge is -2.34. The molecule has 1 aliphatic rings. The molecule has 0 aromatic carbocycles. The zero-order chi connectivity index (χ0) is 18.1. The summed E-state index contributed by atoms with van der Waals surface area (Å²) in [5, 5.41) is 17.6. The highest BCUT2D eigenvalue weighted by atomic mass is 16.3. The third-order valence-corrected chi connectivity index (χ3v) is 4.94. The summed E-state index contributed by atoms with van der Waals surface area (Å²) in [5.41, 5.74) is 7.87. The van der Waals surface area contributed by atoms with Gasteiger partial charge in [0.25, 0.3) is 5.91 Å². The second-order valence-corrected chi connectivity index (χ2v) is 6.60. The van der Waals surface area contributed by atoms with Crippen LogP contribution in [-0.4, -0.2) is 43.9 Å². The molecule has 134 valence electrons. The van der Waals surface area contributed by atoms with Crippen LogP contribution < -0.4 is 10.6 Å². The maximum Gasteiger partial charge on any atom is 0.252 e. The van der Waals surface area contributed by atoms with Crippen LogP contribution in [0.25, 0.3) is 0 Å². The minimum atomic E-state index is -0.464. The first-order chi connectivity index (χ1) is 11.9. The predicted octanol–water partition coefficient (Wildman–Crippen LogP) is 0.802. The van der Waals surface area contributed by atoms with Crippen LogP contribution in [-0.2, 0) is 13.7 Å². The first kappa shape index (κ1) is 17.3. The van der Waals surface area contributed by atoms with Gasteiger partial charge in [0.1, 0.15) is 18.2 Å². The van der Waals surface area contributed by atoms with Crippen LogP contribution in [0, 0.1) is 13.8 Å². The Morgan fingerprint density at radius 2 is 2.16 bits per heavy atom. The van der Waals surface area contributed by atoms with Crippen LogP contribution in [0.1, 0.15) is 52.0 Å².